The summed E-state index contributed by atoms with van der Waals surface area (Å²) in [6.07, 6.45) is 0. The van der Waals surface area contributed by atoms with Crippen molar-refractivity contribution in [1.82, 2.24) is 0 Å². The van der Waals surface area contributed by atoms with Crippen molar-refractivity contribution in [1.29, 1.82) is 0 Å². The second-order valence-corrected chi connectivity index (χ2v) is 0. The van der Waals surface area contributed by atoms with Crippen molar-refractivity contribution in [3.8, 4) is 0 Å². The molecule has 0 heterocycles. The third-order valence-electron chi connectivity index (χ3n) is 0. The second-order valence-electron chi connectivity index (χ2n) is 0. The first-order valence-electron chi connectivity index (χ1n) is 0. The molecule has 0 aliphatic rings. The summed E-state index contributed by atoms with van der Waals surface area (Å²) in [5.41, 5.74) is 0. The third kappa shape index (κ3) is 36.3. The molecule has 0 amide bonds. The van der Waals surface area contributed by atoms with Crippen molar-refractivity contribution in [3.63, 3.8) is 0 Å². The summed E-state index contributed by atoms with van der Waals surface area (Å²) in [4.78, 5) is 0. The minimum Gasteiger partial charge on any atom is 0 e. The second kappa shape index (κ2) is 44.3. The molecule has 8 heavy (non-hydrogen) atoms. The van der Waals surface area contributed by atoms with Crippen LogP contribution in [0, 0.1) is 0 Å². The summed E-state index contributed by atoms with van der Waals surface area (Å²) >= 11 is 0. The fourth-order valence-corrected chi connectivity index (χ4v) is 0. The summed E-state index contributed by atoms with van der Waals surface area (Å²) in [7, 11) is 0. The van der Waals surface area contributed by atoms with E-state index in [0.717, 1.165) is 0 Å². The van der Waals surface area contributed by atoms with Gasteiger partial charge in [-0.05, 0) is 0 Å². The SMILES string of the molecule is [Ca].[Ca].[Ca].[Ca].[Ca].[Hg].[Hg].[Hg]. The molecule has 0 fully saturated rings. The van der Waals surface area contributed by atoms with Crippen LogP contribution in [0.3, 0.4) is 0 Å². The molecule has 0 aromatic heterocycles. The van der Waals surface area contributed by atoms with Crippen LogP contribution in [0.1, 0.15) is 0 Å². The number of hydrogen-bond acceptors (Lipinski definition) is 0. The molecule has 0 spiro atoms. The summed E-state index contributed by atoms with van der Waals surface area (Å²) in [6, 6.07) is 0. The fourth-order valence-electron chi connectivity index (χ4n) is 0. The Hall–Kier alpha value is 9.10. The van der Waals surface area contributed by atoms with Gasteiger partial charge in [0.05, 0.1) is 0 Å². The van der Waals surface area contributed by atoms with Crippen LogP contribution in [0.15, 0.2) is 0 Å². The van der Waals surface area contributed by atoms with Crippen LogP contribution < -0.4 is 0 Å². The Bertz CT molecular complexity index is 7.64. The zero-order chi connectivity index (χ0) is 0. The molecule has 8 heteroatoms. The first-order valence-corrected chi connectivity index (χ1v) is 0. The van der Waals surface area contributed by atoms with E-state index in [1.54, 1.807) is 0 Å². The van der Waals surface area contributed by atoms with Crippen LogP contribution in [-0.4, -0.2) is 189 Å². The van der Waals surface area contributed by atoms with Gasteiger partial charge in [0, 0.05) is 272 Å². The van der Waals surface area contributed by atoms with E-state index in [1.165, 1.54) is 0 Å². The number of rotatable bonds is 0. The molecule has 0 bridgehead atoms. The van der Waals surface area contributed by atoms with Crippen LogP contribution in [0.5, 0.6) is 0 Å². The smallest absolute Gasteiger partial charge is 0 e. The molecule has 0 nitrogen and oxygen atoms in total. The van der Waals surface area contributed by atoms with Gasteiger partial charge in [0.1, 0.15) is 0 Å². The number of hydrogen-bond donors (Lipinski definition) is 0. The molecule has 0 saturated carbocycles. The van der Waals surface area contributed by atoms with E-state index in [4.69, 9.17) is 0 Å². The van der Waals surface area contributed by atoms with E-state index >= 15 is 0 Å². The zero-order valence-corrected chi connectivity index (χ0v) is 33.2. The van der Waals surface area contributed by atoms with E-state index in [2.05, 4.69) is 0 Å². The Balaban J connectivity index is 0. The average molecular weight is 802 g/mol. The van der Waals surface area contributed by atoms with Gasteiger partial charge in [0.15, 0.2) is 0 Å². The Morgan fingerprint density at radius 3 is 0.250 bits per heavy atom. The Kier molecular flexibility index (Phi) is 297. The Labute approximate surface area is 262 Å². The quantitative estimate of drug-likeness (QED) is 0.252. The maximum absolute atomic E-state index is 0. The van der Waals surface area contributed by atoms with Crippen molar-refractivity contribution in [2.45, 2.75) is 0 Å². The Morgan fingerprint density at radius 2 is 0.250 bits per heavy atom. The predicted octanol–water partition coefficient (Wildman–Crippen LogP) is -1.91. The maximum atomic E-state index is 0. The van der Waals surface area contributed by atoms with Crippen LogP contribution in [0.2, 0.25) is 0 Å². The van der Waals surface area contributed by atoms with Gasteiger partial charge in [-0.15, -0.1) is 0 Å². The molecule has 0 rings (SSSR count). The fraction of sp³-hybridized carbons (Fsp3) is 0. The molecule has 16 valence electrons. The van der Waals surface area contributed by atoms with Gasteiger partial charge in [-0.3, -0.25) is 0 Å². The summed E-state index contributed by atoms with van der Waals surface area (Å²) in [5.74, 6) is 0. The van der Waals surface area contributed by atoms with Gasteiger partial charge in [-0.2, -0.15) is 0 Å². The molecule has 0 aliphatic carbocycles. The third-order valence-corrected chi connectivity index (χ3v) is 0. The molecule has 0 aromatic carbocycles. The topological polar surface area (TPSA) is 0 Å². The first-order chi connectivity index (χ1) is 0. The van der Waals surface area contributed by atoms with Gasteiger partial charge in [0.25, 0.3) is 0 Å². The zero-order valence-electron chi connectivity index (χ0n) is 5.66. The molecule has 0 saturated heterocycles. The Morgan fingerprint density at radius 1 is 0.250 bits per heavy atom. The van der Waals surface area contributed by atoms with Crippen molar-refractivity contribution < 1.29 is 83.0 Å². The van der Waals surface area contributed by atoms with E-state index in [0.29, 0.717) is 0 Å². The molecule has 0 atom stereocenters. The summed E-state index contributed by atoms with van der Waals surface area (Å²) in [5, 5.41) is 0. The van der Waals surface area contributed by atoms with Gasteiger partial charge in [-0.25, -0.2) is 0 Å². The van der Waals surface area contributed by atoms with E-state index < -0.39 is 0 Å². The van der Waals surface area contributed by atoms with Gasteiger partial charge in [0.2, 0.25) is 0 Å². The minimum atomic E-state index is 0. The summed E-state index contributed by atoms with van der Waals surface area (Å²) in [6.45, 7) is 0. The van der Waals surface area contributed by atoms with E-state index in [-0.39, 0.29) is 272 Å². The average Bonchev–Trinajstić information content (AvgIpc) is 0. The predicted molar refractivity (Wildman–Crippen MR) is 28.8 cm³/mol. The molecule has 0 unspecified atom stereocenters. The van der Waals surface area contributed by atoms with Crippen molar-refractivity contribution in [2.24, 2.45) is 0 Å². The van der Waals surface area contributed by atoms with E-state index in [1.807, 2.05) is 0 Å². The largest absolute Gasteiger partial charge is 0 e. The maximum Gasteiger partial charge on any atom is 0 e. The molecular weight excluding hydrogens is 802 g/mol. The standard InChI is InChI=1S/5Ca.3Hg. The molecule has 0 aromatic rings. The molecule has 10 radical (unpaired) electrons. The van der Waals surface area contributed by atoms with Crippen LogP contribution >= 0.6 is 0 Å². The van der Waals surface area contributed by atoms with Crippen molar-refractivity contribution in [3.05, 3.63) is 0 Å². The van der Waals surface area contributed by atoms with Gasteiger partial charge >= 0.3 is 0 Å². The van der Waals surface area contributed by atoms with Crippen LogP contribution in [0.4, 0.5) is 0 Å². The van der Waals surface area contributed by atoms with Gasteiger partial charge < -0.3 is 0 Å². The first kappa shape index (κ1) is 53.5. The molecule has 0 N–H and O–H groups in total. The normalized spacial score (nSPS) is 0. The summed E-state index contributed by atoms with van der Waals surface area (Å²) < 4.78 is 0. The van der Waals surface area contributed by atoms with Crippen LogP contribution in [0.25, 0.3) is 0 Å². The molecular formula is Ca5Hg3. The van der Waals surface area contributed by atoms with Gasteiger partial charge in [-0.1, -0.05) is 0 Å². The van der Waals surface area contributed by atoms with E-state index in [9.17, 15) is 0 Å². The van der Waals surface area contributed by atoms with Crippen LogP contribution in [-0.2, 0) is 83.0 Å². The molecule has 0 aliphatic heterocycles. The van der Waals surface area contributed by atoms with Crippen molar-refractivity contribution >= 4 is 189 Å². The monoisotopic (exact) mass is 806 g/mol. The van der Waals surface area contributed by atoms with Crippen molar-refractivity contribution in [2.75, 3.05) is 0 Å². The minimum absolute atomic E-state index is 0.